The van der Waals surface area contributed by atoms with Crippen LogP contribution in [0.5, 0.6) is 0 Å². The average molecular weight is 385 g/mol. The van der Waals surface area contributed by atoms with E-state index in [1.165, 1.54) is 0 Å². The number of halogens is 2. The zero-order valence-corrected chi connectivity index (χ0v) is 14.3. The molecule has 0 fully saturated rings. The Kier molecular flexibility index (Phi) is 4.58. The van der Waals surface area contributed by atoms with Crippen molar-refractivity contribution in [1.82, 2.24) is 9.97 Å². The van der Waals surface area contributed by atoms with Gasteiger partial charge in [0.05, 0.1) is 10.2 Å². The summed E-state index contributed by atoms with van der Waals surface area (Å²) in [6.45, 7) is 6.92. The lowest BCUT2D eigenvalue weighted by atomic mass is 10.1. The summed E-state index contributed by atoms with van der Waals surface area (Å²) in [4.78, 5) is 9.16. The van der Waals surface area contributed by atoms with E-state index in [-0.39, 0.29) is 0 Å². The van der Waals surface area contributed by atoms with Gasteiger partial charge >= 0.3 is 0 Å². The Balaban J connectivity index is 2.56. The van der Waals surface area contributed by atoms with Crippen LogP contribution in [0.15, 0.2) is 27.1 Å². The third-order valence-corrected chi connectivity index (χ3v) is 4.23. The van der Waals surface area contributed by atoms with E-state index in [0.717, 1.165) is 44.0 Å². The largest absolute Gasteiger partial charge is 0.369 e. The minimum absolute atomic E-state index is 0.752. The van der Waals surface area contributed by atoms with E-state index in [9.17, 15) is 0 Å². The van der Waals surface area contributed by atoms with E-state index >= 15 is 0 Å². The second-order valence-corrected chi connectivity index (χ2v) is 5.99. The van der Waals surface area contributed by atoms with Gasteiger partial charge in [0.15, 0.2) is 5.82 Å². The fourth-order valence-electron chi connectivity index (χ4n) is 1.84. The second-order valence-electron chi connectivity index (χ2n) is 4.28. The highest BCUT2D eigenvalue weighted by molar-refractivity contribution is 9.11. The fourth-order valence-corrected chi connectivity index (χ4v) is 2.64. The topological polar surface area (TPSA) is 37.8 Å². The highest BCUT2D eigenvalue weighted by atomic mass is 79.9. The number of hydrogen-bond donors (Lipinski definition) is 1. The van der Waals surface area contributed by atoms with Crippen molar-refractivity contribution < 1.29 is 0 Å². The SMILES string of the molecule is CCNc1nc(-c2ccc(Br)cc2C)nc(C)c1Br. The number of nitrogens with one attached hydrogen (secondary N) is 1. The minimum Gasteiger partial charge on any atom is -0.369 e. The minimum atomic E-state index is 0.752. The molecule has 0 unspecified atom stereocenters. The molecule has 0 aliphatic rings. The normalized spacial score (nSPS) is 10.6. The summed E-state index contributed by atoms with van der Waals surface area (Å²) in [5, 5.41) is 3.25. The Morgan fingerprint density at radius 1 is 1.16 bits per heavy atom. The zero-order chi connectivity index (χ0) is 14.0. The molecule has 2 aromatic rings. The standard InChI is InChI=1S/C14H15Br2N3/c1-4-17-14-12(16)9(3)18-13(19-14)11-6-5-10(15)7-8(11)2/h5-7H,4H2,1-3H3,(H,17,18,19). The Hall–Kier alpha value is -0.940. The fraction of sp³-hybridized carbons (Fsp3) is 0.286. The molecule has 1 heterocycles. The molecular weight excluding hydrogens is 370 g/mol. The number of aryl methyl sites for hydroxylation is 2. The van der Waals surface area contributed by atoms with Crippen LogP contribution in [0, 0.1) is 13.8 Å². The molecule has 1 aromatic carbocycles. The molecule has 3 nitrogen and oxygen atoms in total. The van der Waals surface area contributed by atoms with Gasteiger partial charge in [-0.1, -0.05) is 15.9 Å². The Labute approximate surface area is 130 Å². The third kappa shape index (κ3) is 3.15. The summed E-state index contributed by atoms with van der Waals surface area (Å²) in [6, 6.07) is 6.12. The van der Waals surface area contributed by atoms with Crippen molar-refractivity contribution in [1.29, 1.82) is 0 Å². The molecule has 0 saturated carbocycles. The number of rotatable bonds is 3. The van der Waals surface area contributed by atoms with Crippen molar-refractivity contribution >= 4 is 37.7 Å². The van der Waals surface area contributed by atoms with Gasteiger partial charge in [-0.2, -0.15) is 0 Å². The van der Waals surface area contributed by atoms with Gasteiger partial charge in [0.1, 0.15) is 5.82 Å². The van der Waals surface area contributed by atoms with Gasteiger partial charge in [0.2, 0.25) is 0 Å². The lowest BCUT2D eigenvalue weighted by Gasteiger charge is -2.11. The van der Waals surface area contributed by atoms with Crippen LogP contribution in [-0.4, -0.2) is 16.5 Å². The van der Waals surface area contributed by atoms with Gasteiger partial charge in [-0.3, -0.25) is 0 Å². The van der Waals surface area contributed by atoms with Crippen LogP contribution in [-0.2, 0) is 0 Å². The molecule has 100 valence electrons. The molecule has 0 bridgehead atoms. The molecule has 0 aliphatic heterocycles. The summed E-state index contributed by atoms with van der Waals surface area (Å²) in [7, 11) is 0. The smallest absolute Gasteiger partial charge is 0.162 e. The number of aromatic nitrogens is 2. The molecule has 0 spiro atoms. The first kappa shape index (κ1) is 14.5. The summed E-state index contributed by atoms with van der Waals surface area (Å²) >= 11 is 7.00. The van der Waals surface area contributed by atoms with Crippen LogP contribution in [0.1, 0.15) is 18.2 Å². The van der Waals surface area contributed by atoms with Crippen LogP contribution >= 0.6 is 31.9 Å². The average Bonchev–Trinajstić information content (AvgIpc) is 2.35. The number of anilines is 1. The molecule has 19 heavy (non-hydrogen) atoms. The first-order valence-corrected chi connectivity index (χ1v) is 7.66. The van der Waals surface area contributed by atoms with Crippen LogP contribution in [0.3, 0.4) is 0 Å². The first-order chi connectivity index (χ1) is 9.02. The summed E-state index contributed by atoms with van der Waals surface area (Å²) in [5.74, 6) is 1.59. The quantitative estimate of drug-likeness (QED) is 0.831. The van der Waals surface area contributed by atoms with Gasteiger partial charge in [0.25, 0.3) is 0 Å². The third-order valence-electron chi connectivity index (χ3n) is 2.79. The molecule has 0 saturated heterocycles. The van der Waals surface area contributed by atoms with Gasteiger partial charge in [-0.05, 0) is 60.5 Å². The lowest BCUT2D eigenvalue weighted by Crippen LogP contribution is -2.05. The second kappa shape index (κ2) is 6.01. The summed E-state index contributed by atoms with van der Waals surface area (Å²) in [5.41, 5.74) is 3.14. The predicted molar refractivity (Wildman–Crippen MR) is 86.5 cm³/mol. The molecule has 0 atom stereocenters. The van der Waals surface area contributed by atoms with Crippen LogP contribution < -0.4 is 5.32 Å². The first-order valence-electron chi connectivity index (χ1n) is 6.07. The molecular formula is C14H15Br2N3. The maximum Gasteiger partial charge on any atom is 0.162 e. The van der Waals surface area contributed by atoms with Crippen molar-refractivity contribution in [3.63, 3.8) is 0 Å². The van der Waals surface area contributed by atoms with Crippen molar-refractivity contribution in [2.75, 3.05) is 11.9 Å². The van der Waals surface area contributed by atoms with Crippen LogP contribution in [0.4, 0.5) is 5.82 Å². The number of hydrogen-bond acceptors (Lipinski definition) is 3. The summed E-state index contributed by atoms with van der Waals surface area (Å²) < 4.78 is 1.99. The van der Waals surface area contributed by atoms with Gasteiger partial charge in [-0.15, -0.1) is 0 Å². The predicted octanol–water partition coefficient (Wildman–Crippen LogP) is 4.72. The monoisotopic (exact) mass is 383 g/mol. The maximum atomic E-state index is 4.60. The number of benzene rings is 1. The van der Waals surface area contributed by atoms with Crippen LogP contribution in [0.25, 0.3) is 11.4 Å². The highest BCUT2D eigenvalue weighted by Crippen LogP contribution is 2.29. The van der Waals surface area contributed by atoms with Crippen LogP contribution in [0.2, 0.25) is 0 Å². The zero-order valence-electron chi connectivity index (χ0n) is 11.1. The molecule has 0 aliphatic carbocycles. The van der Waals surface area contributed by atoms with E-state index in [1.807, 2.05) is 19.1 Å². The van der Waals surface area contributed by atoms with E-state index in [0.29, 0.717) is 0 Å². The lowest BCUT2D eigenvalue weighted by molar-refractivity contribution is 1.06. The molecule has 0 radical (unpaired) electrons. The molecule has 2 rings (SSSR count). The molecule has 0 amide bonds. The van der Waals surface area contributed by atoms with Crippen molar-refractivity contribution in [3.8, 4) is 11.4 Å². The van der Waals surface area contributed by atoms with E-state index < -0.39 is 0 Å². The van der Waals surface area contributed by atoms with Gasteiger partial charge < -0.3 is 5.32 Å². The van der Waals surface area contributed by atoms with E-state index in [1.54, 1.807) is 0 Å². The maximum absolute atomic E-state index is 4.60. The van der Waals surface area contributed by atoms with Gasteiger partial charge in [0, 0.05) is 16.6 Å². The van der Waals surface area contributed by atoms with Crippen molar-refractivity contribution in [2.24, 2.45) is 0 Å². The Morgan fingerprint density at radius 3 is 2.53 bits per heavy atom. The van der Waals surface area contributed by atoms with E-state index in [4.69, 9.17) is 0 Å². The number of nitrogens with zero attached hydrogens (tertiary/aromatic N) is 2. The Bertz CT molecular complexity index is 612. The molecule has 1 aromatic heterocycles. The van der Waals surface area contributed by atoms with E-state index in [2.05, 4.69) is 67.1 Å². The van der Waals surface area contributed by atoms with Crippen molar-refractivity contribution in [3.05, 3.63) is 38.4 Å². The van der Waals surface area contributed by atoms with Gasteiger partial charge in [-0.25, -0.2) is 9.97 Å². The summed E-state index contributed by atoms with van der Waals surface area (Å²) in [6.07, 6.45) is 0. The molecule has 5 heteroatoms. The Morgan fingerprint density at radius 2 is 1.89 bits per heavy atom. The van der Waals surface area contributed by atoms with Crippen molar-refractivity contribution in [2.45, 2.75) is 20.8 Å². The highest BCUT2D eigenvalue weighted by Gasteiger charge is 2.12. The molecule has 1 N–H and O–H groups in total.